The molecule has 16 heavy (non-hydrogen) atoms. The molecule has 0 atom stereocenters. The molecule has 0 aliphatic rings. The lowest BCUT2D eigenvalue weighted by atomic mass is 10.1. The number of hydrogen-bond acceptors (Lipinski definition) is 3. The number of anilines is 1. The first kappa shape index (κ1) is 10.8. The number of rotatable bonds is 3. The smallest absolute Gasteiger partial charge is 0.119 e. The van der Waals surface area contributed by atoms with Crippen LogP contribution in [0, 0.1) is 0 Å². The van der Waals surface area contributed by atoms with E-state index in [1.54, 1.807) is 7.11 Å². The van der Waals surface area contributed by atoms with Crippen LogP contribution in [-0.4, -0.2) is 20.8 Å². The largest absolute Gasteiger partial charge is 0.497 e. The minimum Gasteiger partial charge on any atom is -0.497 e. The second-order valence-electron chi connectivity index (χ2n) is 3.78. The third kappa shape index (κ3) is 1.95. The average molecular weight is 216 g/mol. The third-order valence-corrected chi connectivity index (χ3v) is 2.75. The van der Waals surface area contributed by atoms with Gasteiger partial charge in [-0.15, -0.1) is 0 Å². The highest BCUT2D eigenvalue weighted by atomic mass is 16.5. The van der Waals surface area contributed by atoms with Gasteiger partial charge in [0.25, 0.3) is 0 Å². The van der Waals surface area contributed by atoms with E-state index in [1.165, 1.54) is 10.8 Å². The van der Waals surface area contributed by atoms with Gasteiger partial charge in [0.1, 0.15) is 5.75 Å². The van der Waals surface area contributed by atoms with E-state index in [1.807, 2.05) is 24.1 Å². The summed E-state index contributed by atoms with van der Waals surface area (Å²) in [4.78, 5) is 2.00. The Morgan fingerprint density at radius 3 is 2.50 bits per heavy atom. The normalized spacial score (nSPS) is 10.4. The van der Waals surface area contributed by atoms with Crippen LogP contribution in [0.3, 0.4) is 0 Å². The van der Waals surface area contributed by atoms with Crippen molar-refractivity contribution < 1.29 is 4.74 Å². The van der Waals surface area contributed by atoms with Crippen LogP contribution in [-0.2, 0) is 0 Å². The van der Waals surface area contributed by atoms with Gasteiger partial charge in [-0.1, -0.05) is 12.1 Å². The second-order valence-corrected chi connectivity index (χ2v) is 3.78. The van der Waals surface area contributed by atoms with Gasteiger partial charge in [0.2, 0.25) is 0 Å². The predicted molar refractivity (Wildman–Crippen MR) is 68.0 cm³/mol. The predicted octanol–water partition coefficient (Wildman–Crippen LogP) is 2.20. The summed E-state index contributed by atoms with van der Waals surface area (Å²) in [5.74, 6) is 0.882. The molecule has 0 saturated carbocycles. The molecule has 2 rings (SSSR count). The molecular formula is C13H16N2O. The number of benzene rings is 2. The van der Waals surface area contributed by atoms with Crippen molar-refractivity contribution in [3.05, 3.63) is 36.4 Å². The van der Waals surface area contributed by atoms with E-state index in [9.17, 15) is 0 Å². The van der Waals surface area contributed by atoms with E-state index in [2.05, 4.69) is 24.3 Å². The van der Waals surface area contributed by atoms with E-state index in [4.69, 9.17) is 10.5 Å². The van der Waals surface area contributed by atoms with Crippen LogP contribution in [0.4, 0.5) is 5.69 Å². The van der Waals surface area contributed by atoms with Gasteiger partial charge < -0.3 is 15.4 Å². The van der Waals surface area contributed by atoms with Gasteiger partial charge in [0.15, 0.2) is 0 Å². The maximum absolute atomic E-state index is 5.60. The number of ether oxygens (including phenoxy) is 1. The molecule has 0 fully saturated rings. The van der Waals surface area contributed by atoms with Crippen molar-refractivity contribution in [1.82, 2.24) is 0 Å². The highest BCUT2D eigenvalue weighted by Gasteiger charge is 2.01. The Labute approximate surface area is 95.4 Å². The van der Waals surface area contributed by atoms with E-state index in [-0.39, 0.29) is 0 Å². The average Bonchev–Trinajstić information content (AvgIpc) is 2.36. The van der Waals surface area contributed by atoms with Crippen LogP contribution >= 0.6 is 0 Å². The van der Waals surface area contributed by atoms with E-state index in [0.717, 1.165) is 11.4 Å². The van der Waals surface area contributed by atoms with Crippen molar-refractivity contribution in [2.75, 3.05) is 25.7 Å². The molecule has 0 aromatic heterocycles. The fourth-order valence-corrected chi connectivity index (χ4v) is 1.68. The number of hydrogen-bond donors (Lipinski definition) is 1. The molecule has 0 aliphatic carbocycles. The minimum absolute atomic E-state index is 0.516. The summed E-state index contributed by atoms with van der Waals surface area (Å²) in [6, 6.07) is 12.3. The number of nitrogens with zero attached hydrogens (tertiary/aromatic N) is 1. The molecule has 0 spiro atoms. The summed E-state index contributed by atoms with van der Waals surface area (Å²) in [6.45, 7) is 0.516. The topological polar surface area (TPSA) is 38.5 Å². The SMILES string of the molecule is COc1ccc2cc(N(C)CN)ccc2c1. The van der Waals surface area contributed by atoms with Crippen LogP contribution in [0.5, 0.6) is 5.75 Å². The highest BCUT2D eigenvalue weighted by Crippen LogP contribution is 2.24. The van der Waals surface area contributed by atoms with Crippen LogP contribution in [0.25, 0.3) is 10.8 Å². The number of nitrogens with two attached hydrogens (primary N) is 1. The van der Waals surface area contributed by atoms with Crippen LogP contribution in [0.15, 0.2) is 36.4 Å². The maximum Gasteiger partial charge on any atom is 0.119 e. The lowest BCUT2D eigenvalue weighted by Crippen LogP contribution is -2.24. The zero-order chi connectivity index (χ0) is 11.5. The number of methoxy groups -OCH3 is 1. The zero-order valence-electron chi connectivity index (χ0n) is 9.60. The van der Waals surface area contributed by atoms with Crippen molar-refractivity contribution >= 4 is 16.5 Å². The highest BCUT2D eigenvalue weighted by molar-refractivity contribution is 5.87. The van der Waals surface area contributed by atoms with Crippen LogP contribution in [0.2, 0.25) is 0 Å². The lowest BCUT2D eigenvalue weighted by Gasteiger charge is -2.17. The molecule has 3 heteroatoms. The zero-order valence-corrected chi connectivity index (χ0v) is 9.60. The molecule has 0 saturated heterocycles. The van der Waals surface area contributed by atoms with Gasteiger partial charge in [-0.05, 0) is 35.0 Å². The molecular weight excluding hydrogens is 200 g/mol. The molecule has 2 aromatic carbocycles. The summed E-state index contributed by atoms with van der Waals surface area (Å²) < 4.78 is 5.19. The molecule has 3 nitrogen and oxygen atoms in total. The Bertz CT molecular complexity index is 496. The molecule has 0 radical (unpaired) electrons. The third-order valence-electron chi connectivity index (χ3n) is 2.75. The molecule has 0 unspecified atom stereocenters. The minimum atomic E-state index is 0.516. The van der Waals surface area contributed by atoms with Crippen molar-refractivity contribution in [3.63, 3.8) is 0 Å². The van der Waals surface area contributed by atoms with Crippen molar-refractivity contribution in [3.8, 4) is 5.75 Å². The molecule has 84 valence electrons. The molecule has 2 N–H and O–H groups in total. The Morgan fingerprint density at radius 1 is 1.12 bits per heavy atom. The fraction of sp³-hybridized carbons (Fsp3) is 0.231. The van der Waals surface area contributed by atoms with Gasteiger partial charge in [-0.2, -0.15) is 0 Å². The van der Waals surface area contributed by atoms with Crippen molar-refractivity contribution in [1.29, 1.82) is 0 Å². The first-order chi connectivity index (χ1) is 7.74. The lowest BCUT2D eigenvalue weighted by molar-refractivity contribution is 0.415. The van der Waals surface area contributed by atoms with Gasteiger partial charge in [0.05, 0.1) is 13.8 Å². The van der Waals surface area contributed by atoms with Crippen LogP contribution < -0.4 is 15.4 Å². The summed E-state index contributed by atoms with van der Waals surface area (Å²) in [5, 5.41) is 2.37. The van der Waals surface area contributed by atoms with Crippen molar-refractivity contribution in [2.24, 2.45) is 5.73 Å². The molecule has 0 aliphatic heterocycles. The van der Waals surface area contributed by atoms with Crippen molar-refractivity contribution in [2.45, 2.75) is 0 Å². The van der Waals surface area contributed by atoms with Gasteiger partial charge >= 0.3 is 0 Å². The first-order valence-corrected chi connectivity index (χ1v) is 5.23. The fourth-order valence-electron chi connectivity index (χ4n) is 1.68. The Hall–Kier alpha value is -1.74. The summed E-state index contributed by atoms with van der Waals surface area (Å²) >= 11 is 0. The maximum atomic E-state index is 5.60. The van der Waals surface area contributed by atoms with Gasteiger partial charge in [-0.25, -0.2) is 0 Å². The van der Waals surface area contributed by atoms with Gasteiger partial charge in [0, 0.05) is 12.7 Å². The van der Waals surface area contributed by atoms with E-state index < -0.39 is 0 Å². The summed E-state index contributed by atoms with van der Waals surface area (Å²) in [5.41, 5.74) is 6.72. The van der Waals surface area contributed by atoms with E-state index >= 15 is 0 Å². The molecule has 0 bridgehead atoms. The Balaban J connectivity index is 2.47. The van der Waals surface area contributed by atoms with E-state index in [0.29, 0.717) is 6.67 Å². The molecule has 0 amide bonds. The Kier molecular flexibility index (Phi) is 2.97. The van der Waals surface area contributed by atoms with Gasteiger partial charge in [-0.3, -0.25) is 0 Å². The Morgan fingerprint density at radius 2 is 1.81 bits per heavy atom. The molecule has 0 heterocycles. The standard InChI is InChI=1S/C13H16N2O/c1-15(9-14)12-5-3-11-8-13(16-2)6-4-10(11)7-12/h3-8H,9,14H2,1-2H3. The van der Waals surface area contributed by atoms with Crippen LogP contribution in [0.1, 0.15) is 0 Å². The first-order valence-electron chi connectivity index (χ1n) is 5.23. The quantitative estimate of drug-likeness (QED) is 0.799. The second kappa shape index (κ2) is 4.41. The summed E-state index contributed by atoms with van der Waals surface area (Å²) in [7, 11) is 3.66. The summed E-state index contributed by atoms with van der Waals surface area (Å²) in [6.07, 6.45) is 0. The number of fused-ring (bicyclic) bond motifs is 1. The monoisotopic (exact) mass is 216 g/mol. The molecule has 2 aromatic rings.